The first kappa shape index (κ1) is 15.8. The first-order valence-corrected chi connectivity index (χ1v) is 6.43. The molecule has 1 rings (SSSR count). The van der Waals surface area contributed by atoms with Gasteiger partial charge in [-0.2, -0.15) is 0 Å². The van der Waals surface area contributed by atoms with Crippen LogP contribution in [0.25, 0.3) is 0 Å². The van der Waals surface area contributed by atoms with Crippen LogP contribution in [0.15, 0.2) is 18.2 Å². The predicted molar refractivity (Wildman–Crippen MR) is 73.9 cm³/mol. The number of carbonyl (C=O) groups is 2. The third kappa shape index (κ3) is 4.79. The molecule has 0 fully saturated rings. The van der Waals surface area contributed by atoms with Gasteiger partial charge in [0.05, 0.1) is 25.0 Å². The number of rotatable bonds is 6. The molecular weight excluding hydrogens is 262 g/mol. The lowest BCUT2D eigenvalue weighted by Crippen LogP contribution is -2.15. The Labute approximate surface area is 117 Å². The van der Waals surface area contributed by atoms with Crippen molar-refractivity contribution in [3.05, 3.63) is 23.8 Å². The number of esters is 1. The van der Waals surface area contributed by atoms with Crippen LogP contribution in [0.4, 0.5) is 10.5 Å². The molecule has 1 aromatic carbocycles. The van der Waals surface area contributed by atoms with Crippen LogP contribution in [0.3, 0.4) is 0 Å². The molecule has 0 aromatic heterocycles. The monoisotopic (exact) mass is 281 g/mol. The fourth-order valence-corrected chi connectivity index (χ4v) is 1.54. The third-order valence-electron chi connectivity index (χ3n) is 2.64. The van der Waals surface area contributed by atoms with Crippen molar-refractivity contribution in [2.45, 2.75) is 26.2 Å². The highest BCUT2D eigenvalue weighted by Gasteiger charge is 2.12. The number of amides is 1. The topological polar surface area (TPSA) is 84.9 Å². The maximum absolute atomic E-state index is 11.5. The van der Waals surface area contributed by atoms with Crippen LogP contribution in [0.5, 0.6) is 5.75 Å². The smallest absolute Gasteiger partial charge is 0.411 e. The molecule has 110 valence electrons. The van der Waals surface area contributed by atoms with Crippen LogP contribution in [0, 0.1) is 0 Å². The van der Waals surface area contributed by atoms with Crippen LogP contribution >= 0.6 is 0 Å². The molecule has 20 heavy (non-hydrogen) atoms. The van der Waals surface area contributed by atoms with E-state index < -0.39 is 12.1 Å². The van der Waals surface area contributed by atoms with Gasteiger partial charge in [-0.25, -0.2) is 9.59 Å². The third-order valence-corrected chi connectivity index (χ3v) is 2.64. The molecule has 0 aliphatic carbocycles. The van der Waals surface area contributed by atoms with Gasteiger partial charge in [-0.1, -0.05) is 19.8 Å². The van der Waals surface area contributed by atoms with Crippen LogP contribution in [0.2, 0.25) is 0 Å². The number of phenols is 1. The molecule has 2 N–H and O–H groups in total. The number of anilines is 1. The molecule has 0 atom stereocenters. The Morgan fingerprint density at radius 1 is 1.30 bits per heavy atom. The predicted octanol–water partition coefficient (Wildman–Crippen LogP) is 2.92. The van der Waals surface area contributed by atoms with Gasteiger partial charge in [0, 0.05) is 0 Å². The summed E-state index contributed by atoms with van der Waals surface area (Å²) in [5, 5.41) is 12.0. The Hall–Kier alpha value is -2.24. The van der Waals surface area contributed by atoms with Gasteiger partial charge in [-0.15, -0.1) is 0 Å². The van der Waals surface area contributed by atoms with Gasteiger partial charge in [0.1, 0.15) is 5.75 Å². The SMILES string of the molecule is CCCCCOC(=O)Nc1cc(C(=O)OC)ccc1O. The molecule has 0 aliphatic heterocycles. The molecule has 0 saturated heterocycles. The number of phenolic OH excluding ortho intramolecular Hbond substituents is 1. The lowest BCUT2D eigenvalue weighted by atomic mass is 10.2. The molecule has 0 heterocycles. The van der Waals surface area contributed by atoms with Crippen LogP contribution in [-0.2, 0) is 9.47 Å². The molecule has 0 saturated carbocycles. The summed E-state index contributed by atoms with van der Waals surface area (Å²) >= 11 is 0. The van der Waals surface area contributed by atoms with E-state index in [-0.39, 0.29) is 17.0 Å². The van der Waals surface area contributed by atoms with E-state index in [1.807, 2.05) is 0 Å². The largest absolute Gasteiger partial charge is 0.506 e. The fourth-order valence-electron chi connectivity index (χ4n) is 1.54. The molecule has 0 radical (unpaired) electrons. The fraction of sp³-hybridized carbons (Fsp3) is 0.429. The number of ether oxygens (including phenoxy) is 2. The summed E-state index contributed by atoms with van der Waals surface area (Å²) in [6.07, 6.45) is 2.14. The summed E-state index contributed by atoms with van der Waals surface area (Å²) in [6, 6.07) is 4.03. The quantitative estimate of drug-likeness (QED) is 0.476. The Morgan fingerprint density at radius 3 is 2.70 bits per heavy atom. The molecule has 0 spiro atoms. The number of methoxy groups -OCH3 is 1. The van der Waals surface area contributed by atoms with E-state index in [2.05, 4.69) is 17.0 Å². The number of nitrogens with one attached hydrogen (secondary N) is 1. The Kier molecular flexibility index (Phi) is 6.36. The first-order chi connectivity index (χ1) is 9.58. The van der Waals surface area contributed by atoms with Gasteiger partial charge in [-0.3, -0.25) is 5.32 Å². The van der Waals surface area contributed by atoms with Crippen molar-refractivity contribution in [2.75, 3.05) is 19.0 Å². The van der Waals surface area contributed by atoms with E-state index in [0.717, 1.165) is 19.3 Å². The van der Waals surface area contributed by atoms with Crippen molar-refractivity contribution >= 4 is 17.7 Å². The maximum atomic E-state index is 11.5. The average molecular weight is 281 g/mol. The Morgan fingerprint density at radius 2 is 2.05 bits per heavy atom. The zero-order chi connectivity index (χ0) is 15.0. The van der Waals surface area contributed by atoms with E-state index >= 15 is 0 Å². The molecule has 6 heteroatoms. The van der Waals surface area contributed by atoms with Crippen molar-refractivity contribution in [3.63, 3.8) is 0 Å². The molecular formula is C14H19NO5. The van der Waals surface area contributed by atoms with Gasteiger partial charge >= 0.3 is 12.1 Å². The van der Waals surface area contributed by atoms with E-state index in [1.165, 1.54) is 25.3 Å². The number of benzene rings is 1. The summed E-state index contributed by atoms with van der Waals surface area (Å²) in [6.45, 7) is 2.37. The molecule has 6 nitrogen and oxygen atoms in total. The minimum atomic E-state index is -0.668. The average Bonchev–Trinajstić information content (AvgIpc) is 2.45. The number of unbranched alkanes of at least 4 members (excludes halogenated alkanes) is 2. The number of carbonyl (C=O) groups excluding carboxylic acids is 2. The summed E-state index contributed by atoms with van der Waals surface area (Å²) in [4.78, 5) is 22.9. The number of hydrogen-bond acceptors (Lipinski definition) is 5. The van der Waals surface area contributed by atoms with Gasteiger partial charge in [0.2, 0.25) is 0 Å². The van der Waals surface area contributed by atoms with Crippen molar-refractivity contribution < 1.29 is 24.2 Å². The standard InChI is InChI=1S/C14H19NO5/c1-3-4-5-8-20-14(18)15-11-9-10(13(17)19-2)6-7-12(11)16/h6-7,9,16H,3-5,8H2,1-2H3,(H,15,18). The molecule has 1 aromatic rings. The molecule has 1 amide bonds. The van der Waals surface area contributed by atoms with E-state index in [4.69, 9.17) is 4.74 Å². The molecule has 0 bridgehead atoms. The van der Waals surface area contributed by atoms with Crippen LogP contribution < -0.4 is 5.32 Å². The first-order valence-electron chi connectivity index (χ1n) is 6.43. The highest BCUT2D eigenvalue weighted by atomic mass is 16.5. The summed E-state index contributed by atoms with van der Waals surface area (Å²) in [5.41, 5.74) is 0.333. The minimum absolute atomic E-state index is 0.105. The van der Waals surface area contributed by atoms with E-state index in [0.29, 0.717) is 6.61 Å². The second-order valence-electron chi connectivity index (χ2n) is 4.19. The van der Waals surface area contributed by atoms with Gasteiger partial charge in [0.25, 0.3) is 0 Å². The Bertz CT molecular complexity index is 473. The van der Waals surface area contributed by atoms with Crippen LogP contribution in [-0.4, -0.2) is 30.9 Å². The number of hydrogen-bond donors (Lipinski definition) is 2. The summed E-state index contributed by atoms with van der Waals surface area (Å²) in [7, 11) is 1.25. The minimum Gasteiger partial charge on any atom is -0.506 e. The second-order valence-corrected chi connectivity index (χ2v) is 4.19. The second kappa shape index (κ2) is 8.04. The summed E-state index contributed by atoms with van der Waals surface area (Å²) in [5.74, 6) is -0.701. The lowest BCUT2D eigenvalue weighted by molar-refractivity contribution is 0.0600. The van der Waals surface area contributed by atoms with Crippen LogP contribution in [0.1, 0.15) is 36.5 Å². The zero-order valence-electron chi connectivity index (χ0n) is 11.6. The Balaban J connectivity index is 2.62. The zero-order valence-corrected chi connectivity index (χ0v) is 11.6. The number of aromatic hydroxyl groups is 1. The molecule has 0 unspecified atom stereocenters. The van der Waals surface area contributed by atoms with E-state index in [1.54, 1.807) is 0 Å². The summed E-state index contributed by atoms with van der Waals surface area (Å²) < 4.78 is 9.52. The van der Waals surface area contributed by atoms with Gasteiger partial charge < -0.3 is 14.6 Å². The van der Waals surface area contributed by atoms with Crippen molar-refractivity contribution in [1.29, 1.82) is 0 Å². The lowest BCUT2D eigenvalue weighted by Gasteiger charge is -2.09. The highest BCUT2D eigenvalue weighted by Crippen LogP contribution is 2.24. The van der Waals surface area contributed by atoms with E-state index in [9.17, 15) is 14.7 Å². The molecule has 0 aliphatic rings. The van der Waals surface area contributed by atoms with Gasteiger partial charge in [0.15, 0.2) is 0 Å². The normalized spacial score (nSPS) is 9.90. The van der Waals surface area contributed by atoms with Crippen molar-refractivity contribution in [1.82, 2.24) is 0 Å². The van der Waals surface area contributed by atoms with Crippen molar-refractivity contribution in [3.8, 4) is 5.75 Å². The maximum Gasteiger partial charge on any atom is 0.411 e. The van der Waals surface area contributed by atoms with Crippen molar-refractivity contribution in [2.24, 2.45) is 0 Å². The highest BCUT2D eigenvalue weighted by molar-refractivity contribution is 5.93. The van der Waals surface area contributed by atoms with Gasteiger partial charge in [-0.05, 0) is 24.6 Å².